The summed E-state index contributed by atoms with van der Waals surface area (Å²) in [6, 6.07) is 3.70. The molecule has 3 N–H and O–H groups in total. The molecule has 76 valence electrons. The van der Waals surface area contributed by atoms with Gasteiger partial charge in [0.05, 0.1) is 5.54 Å². The molecule has 1 aromatic rings. The summed E-state index contributed by atoms with van der Waals surface area (Å²) in [5.41, 5.74) is 8.23. The third kappa shape index (κ3) is 1.33. The molecule has 1 aliphatic rings. The van der Waals surface area contributed by atoms with Crippen molar-refractivity contribution >= 4 is 0 Å². The Morgan fingerprint density at radius 1 is 1.29 bits per heavy atom. The fourth-order valence-electron chi connectivity index (χ4n) is 1.83. The van der Waals surface area contributed by atoms with E-state index in [4.69, 9.17) is 5.73 Å². The Labute approximate surface area is 83.3 Å². The highest BCUT2D eigenvalue weighted by molar-refractivity contribution is 5.36. The molecule has 0 spiro atoms. The average Bonchev–Trinajstić information content (AvgIpc) is 2.09. The maximum absolute atomic E-state index is 13.4. The Bertz CT molecular complexity index is 347. The second-order valence-electron chi connectivity index (χ2n) is 4.18. The topological polar surface area (TPSA) is 38.0 Å². The first-order valence-electron chi connectivity index (χ1n) is 4.80. The van der Waals surface area contributed by atoms with Crippen LogP contribution < -0.4 is 11.1 Å². The second kappa shape index (κ2) is 3.04. The van der Waals surface area contributed by atoms with Gasteiger partial charge < -0.3 is 11.1 Å². The number of nitrogens with two attached hydrogens (primary N) is 1. The van der Waals surface area contributed by atoms with Crippen LogP contribution in [0.25, 0.3) is 0 Å². The largest absolute Gasteiger partial charge is 0.319 e. The predicted molar refractivity (Wildman–Crippen MR) is 54.6 cm³/mol. The molecule has 1 saturated heterocycles. The molecule has 1 aromatic carbocycles. The first kappa shape index (κ1) is 9.62. The summed E-state index contributed by atoms with van der Waals surface area (Å²) in [4.78, 5) is 0. The molecule has 1 heterocycles. The van der Waals surface area contributed by atoms with Crippen molar-refractivity contribution in [2.45, 2.75) is 19.4 Å². The lowest BCUT2D eigenvalue weighted by Gasteiger charge is -2.40. The van der Waals surface area contributed by atoms with Crippen LogP contribution in [0.1, 0.15) is 16.7 Å². The molecule has 0 radical (unpaired) electrons. The van der Waals surface area contributed by atoms with E-state index in [9.17, 15) is 4.39 Å². The molecule has 0 atom stereocenters. The van der Waals surface area contributed by atoms with Crippen molar-refractivity contribution in [3.8, 4) is 0 Å². The summed E-state index contributed by atoms with van der Waals surface area (Å²) in [7, 11) is 0. The zero-order chi connectivity index (χ0) is 10.3. The van der Waals surface area contributed by atoms with E-state index < -0.39 is 0 Å². The number of benzene rings is 1. The SMILES string of the molecule is Cc1cc(C2(N)CNC2)cc(C)c1F. The summed E-state index contributed by atoms with van der Waals surface area (Å²) in [6.45, 7) is 5.11. The highest BCUT2D eigenvalue weighted by Gasteiger charge is 2.34. The van der Waals surface area contributed by atoms with E-state index in [0.29, 0.717) is 11.1 Å². The maximum atomic E-state index is 13.4. The average molecular weight is 194 g/mol. The smallest absolute Gasteiger partial charge is 0.129 e. The molecule has 14 heavy (non-hydrogen) atoms. The standard InChI is InChI=1S/C11H15FN2/c1-7-3-9(4-8(2)10(7)12)11(13)5-14-6-11/h3-4,14H,5-6,13H2,1-2H3. The fourth-order valence-corrected chi connectivity index (χ4v) is 1.83. The first-order valence-corrected chi connectivity index (χ1v) is 4.80. The van der Waals surface area contributed by atoms with Gasteiger partial charge in [-0.25, -0.2) is 4.39 Å². The number of nitrogens with one attached hydrogen (secondary N) is 1. The molecule has 2 rings (SSSR count). The van der Waals surface area contributed by atoms with Crippen LogP contribution in [-0.4, -0.2) is 13.1 Å². The molecule has 0 aromatic heterocycles. The summed E-state index contributed by atoms with van der Waals surface area (Å²) in [5.74, 6) is -0.121. The quantitative estimate of drug-likeness (QED) is 0.705. The van der Waals surface area contributed by atoms with Crippen molar-refractivity contribution in [3.63, 3.8) is 0 Å². The van der Waals surface area contributed by atoms with E-state index in [1.54, 1.807) is 13.8 Å². The number of aryl methyl sites for hydroxylation is 2. The van der Waals surface area contributed by atoms with Gasteiger partial charge in [-0.1, -0.05) is 12.1 Å². The van der Waals surface area contributed by atoms with Gasteiger partial charge in [-0.05, 0) is 30.5 Å². The first-order chi connectivity index (χ1) is 6.53. The lowest BCUT2D eigenvalue weighted by molar-refractivity contribution is 0.286. The van der Waals surface area contributed by atoms with E-state index in [1.165, 1.54) is 0 Å². The Hall–Kier alpha value is -0.930. The molecular formula is C11H15FN2. The zero-order valence-electron chi connectivity index (χ0n) is 8.52. The summed E-state index contributed by atoms with van der Waals surface area (Å²) >= 11 is 0. The summed E-state index contributed by atoms with van der Waals surface area (Å²) < 4.78 is 13.4. The van der Waals surface area contributed by atoms with Gasteiger partial charge in [0.2, 0.25) is 0 Å². The van der Waals surface area contributed by atoms with Gasteiger partial charge in [-0.3, -0.25) is 0 Å². The monoisotopic (exact) mass is 194 g/mol. The van der Waals surface area contributed by atoms with Gasteiger partial charge in [-0.2, -0.15) is 0 Å². The molecule has 1 aliphatic heterocycles. The van der Waals surface area contributed by atoms with Crippen LogP contribution in [0.2, 0.25) is 0 Å². The molecule has 0 saturated carbocycles. The van der Waals surface area contributed by atoms with Crippen LogP contribution in [-0.2, 0) is 5.54 Å². The molecule has 0 aliphatic carbocycles. The molecular weight excluding hydrogens is 179 g/mol. The van der Waals surface area contributed by atoms with Gasteiger partial charge in [0.1, 0.15) is 5.82 Å². The van der Waals surface area contributed by atoms with Crippen molar-refractivity contribution in [2.75, 3.05) is 13.1 Å². The van der Waals surface area contributed by atoms with E-state index in [2.05, 4.69) is 5.32 Å². The number of rotatable bonds is 1. The third-order valence-corrected chi connectivity index (χ3v) is 2.89. The van der Waals surface area contributed by atoms with Crippen LogP contribution in [0.5, 0.6) is 0 Å². The molecule has 1 fully saturated rings. The molecule has 2 nitrogen and oxygen atoms in total. The predicted octanol–water partition coefficient (Wildman–Crippen LogP) is 1.20. The fraction of sp³-hybridized carbons (Fsp3) is 0.455. The second-order valence-corrected chi connectivity index (χ2v) is 4.18. The van der Waals surface area contributed by atoms with Gasteiger partial charge in [0.25, 0.3) is 0 Å². The molecule has 0 unspecified atom stereocenters. The normalized spacial score (nSPS) is 19.1. The lowest BCUT2D eigenvalue weighted by Crippen LogP contribution is -2.62. The van der Waals surface area contributed by atoms with Crippen LogP contribution in [0.15, 0.2) is 12.1 Å². The van der Waals surface area contributed by atoms with Crippen molar-refractivity contribution < 1.29 is 4.39 Å². The molecule has 0 bridgehead atoms. The molecule has 0 amide bonds. The van der Waals surface area contributed by atoms with Crippen LogP contribution in [0, 0.1) is 19.7 Å². The van der Waals surface area contributed by atoms with Gasteiger partial charge in [0, 0.05) is 13.1 Å². The van der Waals surface area contributed by atoms with Crippen LogP contribution in [0.4, 0.5) is 4.39 Å². The van der Waals surface area contributed by atoms with Gasteiger partial charge in [0.15, 0.2) is 0 Å². The highest BCUT2D eigenvalue weighted by atomic mass is 19.1. The number of hydrogen-bond donors (Lipinski definition) is 2. The molecule has 3 heteroatoms. The van der Waals surface area contributed by atoms with Crippen molar-refractivity contribution in [3.05, 3.63) is 34.6 Å². The van der Waals surface area contributed by atoms with Crippen molar-refractivity contribution in [2.24, 2.45) is 5.73 Å². The number of halogens is 1. The Morgan fingerprint density at radius 3 is 2.14 bits per heavy atom. The Kier molecular flexibility index (Phi) is 2.09. The maximum Gasteiger partial charge on any atom is 0.129 e. The van der Waals surface area contributed by atoms with Crippen molar-refractivity contribution in [1.29, 1.82) is 0 Å². The van der Waals surface area contributed by atoms with Gasteiger partial charge in [-0.15, -0.1) is 0 Å². The van der Waals surface area contributed by atoms with E-state index in [0.717, 1.165) is 18.7 Å². The summed E-state index contributed by atoms with van der Waals surface area (Å²) in [6.07, 6.45) is 0. The van der Waals surface area contributed by atoms with E-state index >= 15 is 0 Å². The summed E-state index contributed by atoms with van der Waals surface area (Å²) in [5, 5.41) is 3.13. The van der Waals surface area contributed by atoms with E-state index in [1.807, 2.05) is 12.1 Å². The minimum absolute atomic E-state index is 0.121. The minimum atomic E-state index is -0.288. The third-order valence-electron chi connectivity index (χ3n) is 2.89. The Balaban J connectivity index is 2.45. The van der Waals surface area contributed by atoms with Crippen LogP contribution in [0.3, 0.4) is 0 Å². The Morgan fingerprint density at radius 2 is 1.79 bits per heavy atom. The van der Waals surface area contributed by atoms with Crippen LogP contribution >= 0.6 is 0 Å². The lowest BCUT2D eigenvalue weighted by atomic mass is 9.84. The zero-order valence-corrected chi connectivity index (χ0v) is 8.52. The number of hydrogen-bond acceptors (Lipinski definition) is 2. The van der Waals surface area contributed by atoms with Gasteiger partial charge >= 0.3 is 0 Å². The van der Waals surface area contributed by atoms with E-state index in [-0.39, 0.29) is 11.4 Å². The minimum Gasteiger partial charge on any atom is -0.319 e. The highest BCUT2D eigenvalue weighted by Crippen LogP contribution is 2.26. The van der Waals surface area contributed by atoms with Crippen molar-refractivity contribution in [1.82, 2.24) is 5.32 Å².